The third-order valence-electron chi connectivity index (χ3n) is 2.33. The molecule has 3 heteroatoms. The van der Waals surface area contributed by atoms with Gasteiger partial charge in [-0.05, 0) is 30.2 Å². The molecule has 0 atom stereocenters. The molecule has 0 unspecified atom stereocenters. The van der Waals surface area contributed by atoms with Crippen molar-refractivity contribution in [3.8, 4) is 6.07 Å². The van der Waals surface area contributed by atoms with Crippen molar-refractivity contribution in [2.75, 3.05) is 0 Å². The summed E-state index contributed by atoms with van der Waals surface area (Å²) < 4.78 is 0. The number of nitriles is 1. The van der Waals surface area contributed by atoms with E-state index in [1.807, 2.05) is 19.1 Å². The van der Waals surface area contributed by atoms with Crippen LogP contribution in [0.15, 0.2) is 24.4 Å². The number of nitrogens with one attached hydrogen (secondary N) is 1. The van der Waals surface area contributed by atoms with Crippen molar-refractivity contribution in [1.29, 1.82) is 5.26 Å². The van der Waals surface area contributed by atoms with Gasteiger partial charge in [-0.3, -0.25) is 5.10 Å². The molecule has 0 saturated carbocycles. The largest absolute Gasteiger partial charge is 0.278 e. The first-order chi connectivity index (χ1) is 7.31. The second-order valence-electron chi connectivity index (χ2n) is 3.43. The Bertz CT molecular complexity index is 543. The molecule has 0 saturated heterocycles. The summed E-state index contributed by atoms with van der Waals surface area (Å²) in [6.45, 7) is 2.05. The Labute approximate surface area is 88.0 Å². The third kappa shape index (κ3) is 1.89. The van der Waals surface area contributed by atoms with Gasteiger partial charge in [-0.1, -0.05) is 12.2 Å². The van der Waals surface area contributed by atoms with Gasteiger partial charge in [-0.15, -0.1) is 0 Å². The lowest BCUT2D eigenvalue weighted by molar-refractivity contribution is 1.12. The van der Waals surface area contributed by atoms with Crippen LogP contribution in [-0.4, -0.2) is 10.2 Å². The zero-order chi connectivity index (χ0) is 10.7. The summed E-state index contributed by atoms with van der Waals surface area (Å²) in [7, 11) is 0. The van der Waals surface area contributed by atoms with E-state index in [0.717, 1.165) is 16.5 Å². The van der Waals surface area contributed by atoms with E-state index < -0.39 is 0 Å². The molecule has 3 nitrogen and oxygen atoms in total. The highest BCUT2D eigenvalue weighted by Gasteiger charge is 1.99. The highest BCUT2D eigenvalue weighted by atomic mass is 15.1. The van der Waals surface area contributed by atoms with Gasteiger partial charge in [0.2, 0.25) is 0 Å². The minimum Gasteiger partial charge on any atom is -0.278 e. The normalized spacial score (nSPS) is 10.9. The molecule has 15 heavy (non-hydrogen) atoms. The fourth-order valence-corrected chi connectivity index (χ4v) is 1.54. The van der Waals surface area contributed by atoms with E-state index in [9.17, 15) is 0 Å². The Morgan fingerprint density at radius 2 is 2.40 bits per heavy atom. The van der Waals surface area contributed by atoms with Crippen molar-refractivity contribution in [2.45, 2.75) is 13.3 Å². The summed E-state index contributed by atoms with van der Waals surface area (Å²) in [6, 6.07) is 6.22. The quantitative estimate of drug-likeness (QED) is 0.804. The average Bonchev–Trinajstić information content (AvgIpc) is 2.65. The third-order valence-corrected chi connectivity index (χ3v) is 2.33. The molecule has 74 valence electrons. The number of fused-ring (bicyclic) bond motifs is 1. The first kappa shape index (κ1) is 9.47. The van der Waals surface area contributed by atoms with Crippen molar-refractivity contribution in [1.82, 2.24) is 10.2 Å². The van der Waals surface area contributed by atoms with Crippen LogP contribution in [0.25, 0.3) is 17.0 Å². The van der Waals surface area contributed by atoms with Crippen molar-refractivity contribution in [3.63, 3.8) is 0 Å². The molecule has 0 radical (unpaired) electrons. The van der Waals surface area contributed by atoms with Crippen molar-refractivity contribution >= 4 is 17.0 Å². The number of aromatic nitrogens is 2. The highest BCUT2D eigenvalue weighted by molar-refractivity contribution is 5.82. The minimum absolute atomic E-state index is 0.447. The van der Waals surface area contributed by atoms with Gasteiger partial charge < -0.3 is 0 Å². The number of H-pyrrole nitrogens is 1. The van der Waals surface area contributed by atoms with Crippen LogP contribution in [0.2, 0.25) is 0 Å². The summed E-state index contributed by atoms with van der Waals surface area (Å²) in [5.41, 5.74) is 3.37. The summed E-state index contributed by atoms with van der Waals surface area (Å²) in [6.07, 6.45) is 6.10. The highest BCUT2D eigenvalue weighted by Crippen LogP contribution is 2.18. The first-order valence-electron chi connectivity index (χ1n) is 4.78. The summed E-state index contributed by atoms with van der Waals surface area (Å²) in [5.74, 6) is 0. The predicted octanol–water partition coefficient (Wildman–Crippen LogP) is 2.80. The lowest BCUT2D eigenvalue weighted by Gasteiger charge is -1.99. The van der Waals surface area contributed by atoms with Crippen molar-refractivity contribution < 1.29 is 0 Å². The number of aryl methyl sites for hydroxylation is 1. The molecule has 0 aliphatic carbocycles. The monoisotopic (exact) mass is 197 g/mol. The SMILES string of the molecule is Cc1cc2[nH]ncc2cc1C=CCC#N. The maximum atomic E-state index is 8.44. The van der Waals surface area contributed by atoms with Gasteiger partial charge in [-0.2, -0.15) is 10.4 Å². The van der Waals surface area contributed by atoms with Gasteiger partial charge in [0.25, 0.3) is 0 Å². The molecule has 0 bridgehead atoms. The molecule has 0 aliphatic rings. The topological polar surface area (TPSA) is 52.5 Å². The fraction of sp³-hybridized carbons (Fsp3) is 0.167. The summed E-state index contributed by atoms with van der Waals surface area (Å²) >= 11 is 0. The van der Waals surface area contributed by atoms with E-state index in [4.69, 9.17) is 5.26 Å². The van der Waals surface area contributed by atoms with E-state index in [-0.39, 0.29) is 0 Å². The number of allylic oxidation sites excluding steroid dienone is 1. The fourth-order valence-electron chi connectivity index (χ4n) is 1.54. The smallest absolute Gasteiger partial charge is 0.0663 e. The lowest BCUT2D eigenvalue weighted by atomic mass is 10.1. The molecule has 2 rings (SSSR count). The molecule has 0 aliphatic heterocycles. The zero-order valence-corrected chi connectivity index (χ0v) is 8.49. The van der Waals surface area contributed by atoms with Gasteiger partial charge in [0.05, 0.1) is 24.2 Å². The number of aromatic amines is 1. The van der Waals surface area contributed by atoms with Crippen LogP contribution in [0.1, 0.15) is 17.5 Å². The Kier molecular flexibility index (Phi) is 2.51. The summed E-state index contributed by atoms with van der Waals surface area (Å²) in [4.78, 5) is 0. The molecular formula is C12H11N3. The van der Waals surface area contributed by atoms with E-state index in [2.05, 4.69) is 28.4 Å². The van der Waals surface area contributed by atoms with Crippen molar-refractivity contribution in [3.05, 3.63) is 35.5 Å². The van der Waals surface area contributed by atoms with Gasteiger partial charge >= 0.3 is 0 Å². The van der Waals surface area contributed by atoms with Gasteiger partial charge in [0.15, 0.2) is 0 Å². The first-order valence-corrected chi connectivity index (χ1v) is 4.78. The molecule has 1 N–H and O–H groups in total. The standard InChI is InChI=1S/C12H11N3/c1-9-6-12-11(8-14-15-12)7-10(9)4-2-3-5-13/h2,4,6-8H,3H2,1H3,(H,14,15). The molecular weight excluding hydrogens is 186 g/mol. The predicted molar refractivity (Wildman–Crippen MR) is 60.1 cm³/mol. The van der Waals surface area contributed by atoms with Gasteiger partial charge in [0.1, 0.15) is 0 Å². The minimum atomic E-state index is 0.447. The Balaban J connectivity index is 2.42. The van der Waals surface area contributed by atoms with E-state index in [0.29, 0.717) is 6.42 Å². The molecule has 2 aromatic rings. The maximum Gasteiger partial charge on any atom is 0.0663 e. The molecule has 0 fully saturated rings. The number of nitrogens with zero attached hydrogens (tertiary/aromatic N) is 2. The zero-order valence-electron chi connectivity index (χ0n) is 8.49. The van der Waals surface area contributed by atoms with Crippen LogP contribution in [0.4, 0.5) is 0 Å². The molecule has 1 heterocycles. The van der Waals surface area contributed by atoms with E-state index in [1.54, 1.807) is 6.20 Å². The Morgan fingerprint density at radius 1 is 1.53 bits per heavy atom. The van der Waals surface area contributed by atoms with Crippen LogP contribution in [0.5, 0.6) is 0 Å². The number of rotatable bonds is 2. The van der Waals surface area contributed by atoms with E-state index in [1.165, 1.54) is 5.56 Å². The Hall–Kier alpha value is -2.08. The average molecular weight is 197 g/mol. The van der Waals surface area contributed by atoms with Crippen LogP contribution in [-0.2, 0) is 0 Å². The van der Waals surface area contributed by atoms with Crippen molar-refractivity contribution in [2.24, 2.45) is 0 Å². The Morgan fingerprint density at radius 3 is 3.20 bits per heavy atom. The number of hydrogen-bond donors (Lipinski definition) is 1. The summed E-state index contributed by atoms with van der Waals surface area (Å²) in [5, 5.41) is 16.4. The van der Waals surface area contributed by atoms with Gasteiger partial charge in [-0.25, -0.2) is 0 Å². The molecule has 1 aromatic carbocycles. The van der Waals surface area contributed by atoms with Crippen LogP contribution in [0, 0.1) is 18.3 Å². The van der Waals surface area contributed by atoms with Crippen LogP contribution in [0.3, 0.4) is 0 Å². The second-order valence-corrected chi connectivity index (χ2v) is 3.43. The molecule has 0 amide bonds. The maximum absolute atomic E-state index is 8.44. The molecule has 1 aromatic heterocycles. The molecule has 0 spiro atoms. The van der Waals surface area contributed by atoms with Crippen LogP contribution < -0.4 is 0 Å². The van der Waals surface area contributed by atoms with Gasteiger partial charge in [0, 0.05) is 5.39 Å². The van der Waals surface area contributed by atoms with E-state index >= 15 is 0 Å². The lowest BCUT2D eigenvalue weighted by Crippen LogP contribution is -1.80. The number of benzene rings is 1. The second kappa shape index (κ2) is 3.97. The van der Waals surface area contributed by atoms with Crippen LogP contribution >= 0.6 is 0 Å². The number of hydrogen-bond acceptors (Lipinski definition) is 2.